The summed E-state index contributed by atoms with van der Waals surface area (Å²) in [7, 11) is 4.30. The van der Waals surface area contributed by atoms with E-state index in [0.717, 1.165) is 19.0 Å². The lowest BCUT2D eigenvalue weighted by atomic mass is 10.2. The molecule has 0 atom stereocenters. The SMILES string of the molecule is CN(C)CCN(CCCN)C1CCCC1. The molecule has 1 aliphatic carbocycles. The van der Waals surface area contributed by atoms with E-state index in [9.17, 15) is 0 Å². The normalized spacial score (nSPS) is 18.2. The Morgan fingerprint density at radius 2 is 1.73 bits per heavy atom. The Morgan fingerprint density at radius 1 is 1.07 bits per heavy atom. The maximum atomic E-state index is 5.59. The first-order valence-corrected chi connectivity index (χ1v) is 6.33. The summed E-state index contributed by atoms with van der Waals surface area (Å²) in [6, 6.07) is 0.844. The Labute approximate surface area is 94.6 Å². The second-order valence-electron chi connectivity index (χ2n) is 4.92. The molecule has 0 radical (unpaired) electrons. The van der Waals surface area contributed by atoms with Gasteiger partial charge in [-0.05, 0) is 46.4 Å². The predicted molar refractivity (Wildman–Crippen MR) is 66.1 cm³/mol. The summed E-state index contributed by atoms with van der Waals surface area (Å²) in [5.74, 6) is 0. The fourth-order valence-corrected chi connectivity index (χ4v) is 2.37. The molecule has 0 aromatic heterocycles. The number of rotatable bonds is 7. The molecular weight excluding hydrogens is 186 g/mol. The molecule has 1 aliphatic rings. The van der Waals surface area contributed by atoms with Crippen LogP contribution in [-0.2, 0) is 0 Å². The Hall–Kier alpha value is -0.120. The van der Waals surface area contributed by atoms with Crippen molar-refractivity contribution in [3.8, 4) is 0 Å². The van der Waals surface area contributed by atoms with Gasteiger partial charge in [0.25, 0.3) is 0 Å². The largest absolute Gasteiger partial charge is 0.330 e. The number of nitrogens with two attached hydrogens (primary N) is 1. The second kappa shape index (κ2) is 7.20. The quantitative estimate of drug-likeness (QED) is 0.688. The monoisotopic (exact) mass is 213 g/mol. The lowest BCUT2D eigenvalue weighted by Crippen LogP contribution is -2.39. The average Bonchev–Trinajstić information content (AvgIpc) is 2.71. The van der Waals surface area contributed by atoms with Crippen molar-refractivity contribution in [2.45, 2.75) is 38.1 Å². The van der Waals surface area contributed by atoms with Crippen molar-refractivity contribution in [3.05, 3.63) is 0 Å². The van der Waals surface area contributed by atoms with E-state index in [1.165, 1.54) is 45.3 Å². The van der Waals surface area contributed by atoms with Gasteiger partial charge in [-0.2, -0.15) is 0 Å². The second-order valence-corrected chi connectivity index (χ2v) is 4.92. The van der Waals surface area contributed by atoms with Gasteiger partial charge in [0.2, 0.25) is 0 Å². The van der Waals surface area contributed by atoms with Crippen molar-refractivity contribution in [1.29, 1.82) is 0 Å². The van der Waals surface area contributed by atoms with Gasteiger partial charge >= 0.3 is 0 Å². The summed E-state index contributed by atoms with van der Waals surface area (Å²) in [4.78, 5) is 4.92. The van der Waals surface area contributed by atoms with Crippen LogP contribution in [0.25, 0.3) is 0 Å². The molecule has 1 rings (SSSR count). The van der Waals surface area contributed by atoms with Crippen molar-refractivity contribution in [1.82, 2.24) is 9.80 Å². The summed E-state index contributed by atoms with van der Waals surface area (Å²) in [5.41, 5.74) is 5.59. The minimum Gasteiger partial charge on any atom is -0.330 e. The molecule has 3 heteroatoms. The van der Waals surface area contributed by atoms with Gasteiger partial charge in [0, 0.05) is 19.1 Å². The minimum atomic E-state index is 0.825. The molecule has 0 saturated heterocycles. The van der Waals surface area contributed by atoms with Crippen molar-refractivity contribution in [2.24, 2.45) is 5.73 Å². The summed E-state index contributed by atoms with van der Waals surface area (Å²) in [5, 5.41) is 0. The highest BCUT2D eigenvalue weighted by Gasteiger charge is 2.21. The summed E-state index contributed by atoms with van der Waals surface area (Å²) >= 11 is 0. The van der Waals surface area contributed by atoms with Crippen molar-refractivity contribution < 1.29 is 0 Å². The van der Waals surface area contributed by atoms with E-state index >= 15 is 0 Å². The summed E-state index contributed by atoms with van der Waals surface area (Å²) in [6.07, 6.45) is 6.79. The molecule has 1 fully saturated rings. The van der Waals surface area contributed by atoms with Crippen LogP contribution in [-0.4, -0.2) is 56.1 Å². The topological polar surface area (TPSA) is 32.5 Å². The third-order valence-electron chi connectivity index (χ3n) is 3.32. The van der Waals surface area contributed by atoms with E-state index in [1.807, 2.05) is 0 Å². The molecule has 0 spiro atoms. The fraction of sp³-hybridized carbons (Fsp3) is 1.00. The van der Waals surface area contributed by atoms with Crippen molar-refractivity contribution in [3.63, 3.8) is 0 Å². The van der Waals surface area contributed by atoms with Crippen LogP contribution in [0, 0.1) is 0 Å². The van der Waals surface area contributed by atoms with Crippen LogP contribution in [0.15, 0.2) is 0 Å². The van der Waals surface area contributed by atoms with Gasteiger partial charge in [-0.15, -0.1) is 0 Å². The van der Waals surface area contributed by atoms with E-state index in [-0.39, 0.29) is 0 Å². The highest BCUT2D eigenvalue weighted by atomic mass is 15.2. The molecule has 15 heavy (non-hydrogen) atoms. The Bertz CT molecular complexity index is 153. The van der Waals surface area contributed by atoms with Gasteiger partial charge < -0.3 is 10.6 Å². The van der Waals surface area contributed by atoms with Crippen LogP contribution in [0.1, 0.15) is 32.1 Å². The van der Waals surface area contributed by atoms with Crippen molar-refractivity contribution >= 4 is 0 Å². The summed E-state index contributed by atoms with van der Waals surface area (Å²) < 4.78 is 0. The minimum absolute atomic E-state index is 0.825. The summed E-state index contributed by atoms with van der Waals surface area (Å²) in [6.45, 7) is 4.39. The number of nitrogens with zero attached hydrogens (tertiary/aromatic N) is 2. The molecule has 0 aromatic carbocycles. The molecular formula is C12H27N3. The smallest absolute Gasteiger partial charge is 0.0112 e. The lowest BCUT2D eigenvalue weighted by molar-refractivity contribution is 0.179. The van der Waals surface area contributed by atoms with E-state index < -0.39 is 0 Å². The number of likely N-dealkylation sites (N-methyl/N-ethyl adjacent to an activating group) is 1. The van der Waals surface area contributed by atoms with Crippen LogP contribution in [0.2, 0.25) is 0 Å². The first-order valence-electron chi connectivity index (χ1n) is 6.33. The highest BCUT2D eigenvalue weighted by Crippen LogP contribution is 2.23. The first-order chi connectivity index (χ1) is 7.24. The molecule has 0 aliphatic heterocycles. The van der Waals surface area contributed by atoms with E-state index in [2.05, 4.69) is 23.9 Å². The Kier molecular flexibility index (Phi) is 6.22. The first kappa shape index (κ1) is 12.9. The molecule has 1 saturated carbocycles. The standard InChI is InChI=1S/C12H27N3/c1-14(2)10-11-15(9-5-8-13)12-6-3-4-7-12/h12H,3-11,13H2,1-2H3. The van der Waals surface area contributed by atoms with Gasteiger partial charge in [-0.25, -0.2) is 0 Å². The number of hydrogen-bond acceptors (Lipinski definition) is 3. The number of hydrogen-bond donors (Lipinski definition) is 1. The zero-order chi connectivity index (χ0) is 11.1. The molecule has 3 nitrogen and oxygen atoms in total. The van der Waals surface area contributed by atoms with E-state index in [0.29, 0.717) is 0 Å². The third kappa shape index (κ3) is 4.96. The van der Waals surface area contributed by atoms with Crippen LogP contribution in [0.3, 0.4) is 0 Å². The Morgan fingerprint density at radius 3 is 2.27 bits per heavy atom. The van der Waals surface area contributed by atoms with Gasteiger partial charge in [0.1, 0.15) is 0 Å². The van der Waals surface area contributed by atoms with Crippen LogP contribution in [0.4, 0.5) is 0 Å². The van der Waals surface area contributed by atoms with Gasteiger partial charge in [-0.1, -0.05) is 12.8 Å². The zero-order valence-corrected chi connectivity index (χ0v) is 10.4. The molecule has 90 valence electrons. The fourth-order valence-electron chi connectivity index (χ4n) is 2.37. The molecule has 0 bridgehead atoms. The molecule has 0 aromatic rings. The van der Waals surface area contributed by atoms with Crippen LogP contribution in [0.5, 0.6) is 0 Å². The van der Waals surface area contributed by atoms with Crippen LogP contribution < -0.4 is 5.73 Å². The van der Waals surface area contributed by atoms with Gasteiger partial charge in [-0.3, -0.25) is 4.90 Å². The van der Waals surface area contributed by atoms with E-state index in [4.69, 9.17) is 5.73 Å². The zero-order valence-electron chi connectivity index (χ0n) is 10.4. The molecule has 0 amide bonds. The average molecular weight is 213 g/mol. The lowest BCUT2D eigenvalue weighted by Gasteiger charge is -2.29. The van der Waals surface area contributed by atoms with E-state index in [1.54, 1.807) is 0 Å². The molecule has 0 heterocycles. The highest BCUT2D eigenvalue weighted by molar-refractivity contribution is 4.77. The maximum absolute atomic E-state index is 5.59. The Balaban J connectivity index is 2.30. The molecule has 0 unspecified atom stereocenters. The van der Waals surface area contributed by atoms with Crippen molar-refractivity contribution in [2.75, 3.05) is 40.3 Å². The third-order valence-corrected chi connectivity index (χ3v) is 3.32. The van der Waals surface area contributed by atoms with Gasteiger partial charge in [0.15, 0.2) is 0 Å². The predicted octanol–water partition coefficient (Wildman–Crippen LogP) is 1.14. The van der Waals surface area contributed by atoms with Gasteiger partial charge in [0.05, 0.1) is 0 Å². The van der Waals surface area contributed by atoms with Crippen LogP contribution >= 0.6 is 0 Å². The molecule has 2 N–H and O–H groups in total. The maximum Gasteiger partial charge on any atom is 0.0112 e.